The Labute approximate surface area is 187 Å². The molecule has 3 aromatic rings. The van der Waals surface area contributed by atoms with Crippen molar-refractivity contribution in [2.24, 2.45) is 0 Å². The van der Waals surface area contributed by atoms with Gasteiger partial charge in [-0.3, -0.25) is 4.79 Å². The molecule has 1 amide bonds. The van der Waals surface area contributed by atoms with E-state index in [1.165, 1.54) is 7.11 Å². The number of ether oxygens (including phenoxy) is 1. The third-order valence-corrected chi connectivity index (χ3v) is 5.33. The van der Waals surface area contributed by atoms with Gasteiger partial charge in [-0.15, -0.1) is 0 Å². The number of aromatic nitrogens is 1. The van der Waals surface area contributed by atoms with Crippen molar-refractivity contribution in [1.82, 2.24) is 9.88 Å². The molecule has 0 aliphatic rings. The third-order valence-electron chi connectivity index (χ3n) is 5.33. The van der Waals surface area contributed by atoms with E-state index < -0.39 is 11.9 Å². The van der Waals surface area contributed by atoms with Gasteiger partial charge in [-0.25, -0.2) is 4.79 Å². The smallest absolute Gasteiger partial charge is 0.337 e. The van der Waals surface area contributed by atoms with E-state index in [1.54, 1.807) is 18.2 Å². The highest BCUT2D eigenvalue weighted by molar-refractivity contribution is 6.02. The Morgan fingerprint density at radius 3 is 2.34 bits per heavy atom. The molecule has 0 fully saturated rings. The second-order valence-electron chi connectivity index (χ2n) is 7.48. The largest absolute Gasteiger partial charge is 0.465 e. The number of carbonyl (C=O) groups excluding carboxylic acids is 2. The molecule has 3 rings (SSSR count). The fourth-order valence-electron chi connectivity index (χ4n) is 3.60. The lowest BCUT2D eigenvalue weighted by molar-refractivity contribution is -0.117. The molecule has 0 radical (unpaired) electrons. The van der Waals surface area contributed by atoms with Gasteiger partial charge in [-0.1, -0.05) is 30.3 Å². The number of hydrogen-bond donors (Lipinski definition) is 1. The minimum atomic E-state index is -0.420. The van der Waals surface area contributed by atoms with Crippen LogP contribution in [0.5, 0.6) is 0 Å². The molecule has 0 aliphatic heterocycles. The summed E-state index contributed by atoms with van der Waals surface area (Å²) in [5.41, 5.74) is 4.93. The molecule has 32 heavy (non-hydrogen) atoms. The molecule has 1 atom stereocenters. The van der Waals surface area contributed by atoms with Gasteiger partial charge in [-0.05, 0) is 68.3 Å². The van der Waals surface area contributed by atoms with E-state index in [0.717, 1.165) is 28.2 Å². The number of esters is 1. The van der Waals surface area contributed by atoms with Crippen LogP contribution >= 0.6 is 0 Å². The van der Waals surface area contributed by atoms with Crippen LogP contribution in [-0.4, -0.2) is 23.6 Å². The Hall–Kier alpha value is -4.11. The van der Waals surface area contributed by atoms with Crippen molar-refractivity contribution in [2.45, 2.75) is 26.8 Å². The molecule has 6 heteroatoms. The summed E-state index contributed by atoms with van der Waals surface area (Å²) in [7, 11) is 1.35. The van der Waals surface area contributed by atoms with Crippen LogP contribution in [0.4, 0.5) is 0 Å². The summed E-state index contributed by atoms with van der Waals surface area (Å²) >= 11 is 0. The number of hydrogen-bond acceptors (Lipinski definition) is 4. The first-order valence-electron chi connectivity index (χ1n) is 10.2. The fraction of sp³-hybridized carbons (Fsp3) is 0.192. The maximum Gasteiger partial charge on any atom is 0.337 e. The fourth-order valence-corrected chi connectivity index (χ4v) is 3.60. The lowest BCUT2D eigenvalue weighted by Crippen LogP contribution is -2.27. The number of nitrogens with zero attached hydrogens (tertiary/aromatic N) is 2. The monoisotopic (exact) mass is 427 g/mol. The summed E-state index contributed by atoms with van der Waals surface area (Å²) in [6, 6.07) is 20.4. The molecule has 1 N–H and O–H groups in total. The van der Waals surface area contributed by atoms with Crippen molar-refractivity contribution in [3.8, 4) is 11.8 Å². The van der Waals surface area contributed by atoms with E-state index in [-0.39, 0.29) is 11.6 Å². The Kier molecular flexibility index (Phi) is 6.91. The number of benzene rings is 2. The minimum Gasteiger partial charge on any atom is -0.465 e. The quantitative estimate of drug-likeness (QED) is 0.352. The van der Waals surface area contributed by atoms with Gasteiger partial charge in [0.2, 0.25) is 0 Å². The molecule has 162 valence electrons. The topological polar surface area (TPSA) is 84.1 Å². The molecular weight excluding hydrogens is 402 g/mol. The molecule has 0 unspecified atom stereocenters. The predicted octanol–water partition coefficient (Wildman–Crippen LogP) is 4.67. The van der Waals surface area contributed by atoms with Crippen LogP contribution in [0.1, 0.15) is 45.8 Å². The molecule has 1 aromatic heterocycles. The Morgan fingerprint density at radius 2 is 1.75 bits per heavy atom. The summed E-state index contributed by atoms with van der Waals surface area (Å²) in [5, 5.41) is 12.5. The summed E-state index contributed by atoms with van der Waals surface area (Å²) in [6.07, 6.45) is 1.61. The van der Waals surface area contributed by atoms with E-state index in [2.05, 4.69) is 5.32 Å². The SMILES string of the molecule is COC(=O)c1ccc(-n2c(C)cc(/C=C(/C#N)C(=O)N[C@H](C)c3ccccc3)c2C)cc1. The second-order valence-corrected chi connectivity index (χ2v) is 7.48. The van der Waals surface area contributed by atoms with Gasteiger partial charge in [0.25, 0.3) is 5.91 Å². The van der Waals surface area contributed by atoms with Crippen LogP contribution < -0.4 is 5.32 Å². The number of nitriles is 1. The van der Waals surface area contributed by atoms with E-state index in [1.807, 2.05) is 79.9 Å². The molecule has 0 saturated heterocycles. The van der Waals surface area contributed by atoms with Crippen molar-refractivity contribution in [2.75, 3.05) is 7.11 Å². The van der Waals surface area contributed by atoms with Crippen molar-refractivity contribution < 1.29 is 14.3 Å². The first-order valence-corrected chi connectivity index (χ1v) is 10.2. The Morgan fingerprint density at radius 1 is 1.09 bits per heavy atom. The molecule has 1 heterocycles. The van der Waals surface area contributed by atoms with Gasteiger partial charge in [-0.2, -0.15) is 5.26 Å². The molecule has 6 nitrogen and oxygen atoms in total. The van der Waals surface area contributed by atoms with Gasteiger partial charge in [0.05, 0.1) is 18.7 Å². The zero-order valence-electron chi connectivity index (χ0n) is 18.5. The van der Waals surface area contributed by atoms with E-state index in [9.17, 15) is 14.9 Å². The Bertz CT molecular complexity index is 1200. The van der Waals surface area contributed by atoms with E-state index >= 15 is 0 Å². The summed E-state index contributed by atoms with van der Waals surface area (Å²) < 4.78 is 6.75. The van der Waals surface area contributed by atoms with Gasteiger partial charge in [0, 0.05) is 17.1 Å². The summed E-state index contributed by atoms with van der Waals surface area (Å²) in [5.74, 6) is -0.813. The highest BCUT2D eigenvalue weighted by Gasteiger charge is 2.16. The number of rotatable bonds is 6. The minimum absolute atomic E-state index is 0.0362. The van der Waals surface area contributed by atoms with Crippen molar-refractivity contribution in [3.63, 3.8) is 0 Å². The number of carbonyl (C=O) groups is 2. The van der Waals surface area contributed by atoms with Crippen LogP contribution in [0, 0.1) is 25.2 Å². The van der Waals surface area contributed by atoms with Crippen LogP contribution in [0.15, 0.2) is 66.2 Å². The highest BCUT2D eigenvalue weighted by Crippen LogP contribution is 2.23. The zero-order chi connectivity index (χ0) is 23.3. The van der Waals surface area contributed by atoms with Crippen LogP contribution in [-0.2, 0) is 9.53 Å². The summed E-state index contributed by atoms with van der Waals surface area (Å²) in [6.45, 7) is 5.75. The second kappa shape index (κ2) is 9.80. The van der Waals surface area contributed by atoms with Gasteiger partial charge in [0.15, 0.2) is 0 Å². The highest BCUT2D eigenvalue weighted by atomic mass is 16.5. The molecule has 0 spiro atoms. The van der Waals surface area contributed by atoms with Crippen molar-refractivity contribution in [3.05, 3.63) is 94.3 Å². The molecule has 0 bridgehead atoms. The average Bonchev–Trinajstić information content (AvgIpc) is 3.09. The molecule has 2 aromatic carbocycles. The predicted molar refractivity (Wildman–Crippen MR) is 123 cm³/mol. The lowest BCUT2D eigenvalue weighted by atomic mass is 10.1. The third kappa shape index (κ3) is 4.79. The maximum absolute atomic E-state index is 12.7. The molecule has 0 aliphatic carbocycles. The van der Waals surface area contributed by atoms with Crippen molar-refractivity contribution in [1.29, 1.82) is 5.26 Å². The lowest BCUT2D eigenvalue weighted by Gasteiger charge is -2.13. The maximum atomic E-state index is 12.7. The van der Waals surface area contributed by atoms with Crippen LogP contribution in [0.3, 0.4) is 0 Å². The van der Waals surface area contributed by atoms with Gasteiger partial charge < -0.3 is 14.6 Å². The standard InChI is InChI=1S/C26H25N3O3/c1-17-14-22(19(3)29(17)24-12-10-21(11-13-24)26(31)32-4)15-23(16-27)25(30)28-18(2)20-8-6-5-7-9-20/h5-15,18H,1-4H3,(H,28,30)/b23-15-/t18-/m1/s1. The number of nitrogens with one attached hydrogen (secondary N) is 1. The summed E-state index contributed by atoms with van der Waals surface area (Å²) in [4.78, 5) is 24.4. The first-order chi connectivity index (χ1) is 15.3. The molecular formula is C26H25N3O3. The normalized spacial score (nSPS) is 12.0. The number of methoxy groups -OCH3 is 1. The van der Waals surface area contributed by atoms with Crippen LogP contribution in [0.25, 0.3) is 11.8 Å². The molecule has 0 saturated carbocycles. The van der Waals surface area contributed by atoms with Gasteiger partial charge in [0.1, 0.15) is 11.6 Å². The zero-order valence-corrected chi connectivity index (χ0v) is 18.5. The van der Waals surface area contributed by atoms with E-state index in [0.29, 0.717) is 5.56 Å². The van der Waals surface area contributed by atoms with E-state index in [4.69, 9.17) is 4.74 Å². The first kappa shape index (κ1) is 22.6. The van der Waals surface area contributed by atoms with Gasteiger partial charge >= 0.3 is 5.97 Å². The average molecular weight is 428 g/mol. The number of aryl methyl sites for hydroxylation is 1. The van der Waals surface area contributed by atoms with Crippen molar-refractivity contribution >= 4 is 18.0 Å². The number of amides is 1. The van der Waals surface area contributed by atoms with Crippen LogP contribution in [0.2, 0.25) is 0 Å². The Balaban J connectivity index is 1.87.